The third-order valence-corrected chi connectivity index (χ3v) is 3.40. The maximum absolute atomic E-state index is 13.2. The van der Waals surface area contributed by atoms with Gasteiger partial charge in [0.1, 0.15) is 5.82 Å². The number of halogens is 1. The summed E-state index contributed by atoms with van der Waals surface area (Å²) in [6.45, 7) is 4.47. The molecule has 0 aliphatic carbocycles. The third kappa shape index (κ3) is 2.85. The Kier molecular flexibility index (Phi) is 3.79. The van der Waals surface area contributed by atoms with E-state index in [1.54, 1.807) is 0 Å². The Morgan fingerprint density at radius 3 is 2.59 bits per heavy atom. The Hall–Kier alpha value is -0.930. The maximum Gasteiger partial charge on any atom is 0.123 e. The van der Waals surface area contributed by atoms with Crippen LogP contribution in [0.15, 0.2) is 12.1 Å². The lowest BCUT2D eigenvalue weighted by atomic mass is 9.94. The molecule has 2 rings (SSSR count). The fraction of sp³-hybridized carbons (Fsp3) is 0.571. The molecule has 1 aliphatic heterocycles. The Morgan fingerprint density at radius 1 is 1.41 bits per heavy atom. The van der Waals surface area contributed by atoms with Gasteiger partial charge in [-0.15, -0.1) is 0 Å². The highest BCUT2D eigenvalue weighted by Gasteiger charge is 2.22. The maximum atomic E-state index is 13.2. The van der Waals surface area contributed by atoms with E-state index in [2.05, 4.69) is 0 Å². The lowest BCUT2D eigenvalue weighted by molar-refractivity contribution is 0.0530. The molecule has 1 aromatic carbocycles. The van der Waals surface area contributed by atoms with E-state index in [0.29, 0.717) is 6.42 Å². The molecule has 0 bridgehead atoms. The van der Waals surface area contributed by atoms with Gasteiger partial charge in [-0.25, -0.2) is 4.39 Å². The highest BCUT2D eigenvalue weighted by Crippen LogP contribution is 2.29. The van der Waals surface area contributed by atoms with Crippen molar-refractivity contribution in [1.82, 2.24) is 0 Å². The van der Waals surface area contributed by atoms with E-state index in [9.17, 15) is 9.50 Å². The zero-order chi connectivity index (χ0) is 12.4. The second-order valence-corrected chi connectivity index (χ2v) is 4.84. The molecule has 1 aliphatic rings. The van der Waals surface area contributed by atoms with Crippen LogP contribution in [0.3, 0.4) is 0 Å². The second kappa shape index (κ2) is 5.15. The zero-order valence-electron chi connectivity index (χ0n) is 10.4. The van der Waals surface area contributed by atoms with Gasteiger partial charge in [0.15, 0.2) is 0 Å². The molecule has 2 unspecified atom stereocenters. The van der Waals surface area contributed by atoms with Crippen molar-refractivity contribution < 1.29 is 14.2 Å². The minimum Gasteiger partial charge on any atom is -0.388 e. The first-order valence-electron chi connectivity index (χ1n) is 6.14. The van der Waals surface area contributed by atoms with Crippen LogP contribution in [0.5, 0.6) is 0 Å². The molecule has 0 saturated carbocycles. The fourth-order valence-electron chi connectivity index (χ4n) is 2.64. The standard InChI is InChI=1S/C14H19FO2/c1-9-6-11(15)7-10(2)14(9)13(16)8-12-4-3-5-17-12/h6-7,12-13,16H,3-5,8H2,1-2H3. The summed E-state index contributed by atoms with van der Waals surface area (Å²) < 4.78 is 18.7. The van der Waals surface area contributed by atoms with E-state index in [-0.39, 0.29) is 11.9 Å². The molecule has 94 valence electrons. The molecular weight excluding hydrogens is 219 g/mol. The normalized spacial score (nSPS) is 21.8. The summed E-state index contributed by atoms with van der Waals surface area (Å²) in [6.07, 6.45) is 2.27. The average Bonchev–Trinajstić information content (AvgIpc) is 2.68. The number of hydrogen-bond donors (Lipinski definition) is 1. The Morgan fingerprint density at radius 2 is 2.06 bits per heavy atom. The van der Waals surface area contributed by atoms with Gasteiger partial charge >= 0.3 is 0 Å². The summed E-state index contributed by atoms with van der Waals surface area (Å²) in [5, 5.41) is 10.2. The molecular formula is C14H19FO2. The van der Waals surface area contributed by atoms with E-state index in [1.807, 2.05) is 13.8 Å². The number of aliphatic hydroxyl groups excluding tert-OH is 1. The van der Waals surface area contributed by atoms with E-state index in [1.165, 1.54) is 12.1 Å². The number of aliphatic hydroxyl groups is 1. The van der Waals surface area contributed by atoms with Crippen LogP contribution in [-0.2, 0) is 4.74 Å². The lowest BCUT2D eigenvalue weighted by Gasteiger charge is -2.19. The summed E-state index contributed by atoms with van der Waals surface area (Å²) in [4.78, 5) is 0. The van der Waals surface area contributed by atoms with Crippen LogP contribution < -0.4 is 0 Å². The van der Waals surface area contributed by atoms with Crippen molar-refractivity contribution in [3.8, 4) is 0 Å². The Bertz CT molecular complexity index is 374. The van der Waals surface area contributed by atoms with Gasteiger partial charge < -0.3 is 9.84 Å². The first-order valence-corrected chi connectivity index (χ1v) is 6.14. The van der Waals surface area contributed by atoms with Crippen LogP contribution in [0.4, 0.5) is 4.39 Å². The van der Waals surface area contributed by atoms with Crippen molar-refractivity contribution in [1.29, 1.82) is 0 Å². The van der Waals surface area contributed by atoms with Crippen LogP contribution in [0.2, 0.25) is 0 Å². The molecule has 3 heteroatoms. The van der Waals surface area contributed by atoms with Gasteiger partial charge in [0.2, 0.25) is 0 Å². The summed E-state index contributed by atoms with van der Waals surface area (Å²) in [5.41, 5.74) is 2.47. The van der Waals surface area contributed by atoms with Crippen LogP contribution >= 0.6 is 0 Å². The molecule has 1 aromatic rings. The van der Waals surface area contributed by atoms with Crippen molar-refractivity contribution in [3.63, 3.8) is 0 Å². The highest BCUT2D eigenvalue weighted by atomic mass is 19.1. The van der Waals surface area contributed by atoms with Crippen LogP contribution in [0, 0.1) is 19.7 Å². The van der Waals surface area contributed by atoms with Crippen molar-refractivity contribution >= 4 is 0 Å². The topological polar surface area (TPSA) is 29.5 Å². The van der Waals surface area contributed by atoms with E-state index < -0.39 is 6.10 Å². The quantitative estimate of drug-likeness (QED) is 0.877. The summed E-state index contributed by atoms with van der Waals surface area (Å²) in [7, 11) is 0. The molecule has 0 aromatic heterocycles. The molecule has 17 heavy (non-hydrogen) atoms. The number of ether oxygens (including phenoxy) is 1. The lowest BCUT2D eigenvalue weighted by Crippen LogP contribution is -2.13. The molecule has 0 radical (unpaired) electrons. The molecule has 1 N–H and O–H groups in total. The van der Waals surface area contributed by atoms with Gasteiger partial charge in [-0.2, -0.15) is 0 Å². The fourth-order valence-corrected chi connectivity index (χ4v) is 2.64. The van der Waals surface area contributed by atoms with Crippen molar-refractivity contribution in [2.45, 2.75) is 45.3 Å². The van der Waals surface area contributed by atoms with Gasteiger partial charge in [0.05, 0.1) is 12.2 Å². The van der Waals surface area contributed by atoms with Gasteiger partial charge in [0, 0.05) is 13.0 Å². The van der Waals surface area contributed by atoms with Crippen molar-refractivity contribution in [3.05, 3.63) is 34.6 Å². The summed E-state index contributed by atoms with van der Waals surface area (Å²) in [5.74, 6) is -0.243. The minimum atomic E-state index is -0.557. The molecule has 1 heterocycles. The monoisotopic (exact) mass is 238 g/mol. The number of hydrogen-bond acceptors (Lipinski definition) is 2. The van der Waals surface area contributed by atoms with Crippen molar-refractivity contribution in [2.24, 2.45) is 0 Å². The SMILES string of the molecule is Cc1cc(F)cc(C)c1C(O)CC1CCCO1. The van der Waals surface area contributed by atoms with E-state index in [0.717, 1.165) is 36.1 Å². The average molecular weight is 238 g/mol. The smallest absolute Gasteiger partial charge is 0.123 e. The van der Waals surface area contributed by atoms with Gasteiger partial charge in [-0.05, 0) is 55.5 Å². The van der Waals surface area contributed by atoms with Crippen LogP contribution in [-0.4, -0.2) is 17.8 Å². The largest absolute Gasteiger partial charge is 0.388 e. The predicted octanol–water partition coefficient (Wildman–Crippen LogP) is 3.05. The highest BCUT2D eigenvalue weighted by molar-refractivity contribution is 5.36. The van der Waals surface area contributed by atoms with E-state index in [4.69, 9.17) is 4.74 Å². The molecule has 1 fully saturated rings. The molecule has 0 spiro atoms. The Labute approximate surface area is 101 Å². The molecule has 0 amide bonds. The summed E-state index contributed by atoms with van der Waals surface area (Å²) in [6, 6.07) is 2.95. The van der Waals surface area contributed by atoms with E-state index >= 15 is 0 Å². The second-order valence-electron chi connectivity index (χ2n) is 4.84. The van der Waals surface area contributed by atoms with Gasteiger partial charge in [0.25, 0.3) is 0 Å². The number of benzene rings is 1. The number of rotatable bonds is 3. The first kappa shape index (κ1) is 12.5. The van der Waals surface area contributed by atoms with Crippen LogP contribution in [0.1, 0.15) is 42.1 Å². The van der Waals surface area contributed by atoms with Crippen molar-refractivity contribution in [2.75, 3.05) is 6.61 Å². The number of aryl methyl sites for hydroxylation is 2. The zero-order valence-corrected chi connectivity index (χ0v) is 10.4. The minimum absolute atomic E-state index is 0.147. The van der Waals surface area contributed by atoms with Gasteiger partial charge in [-0.3, -0.25) is 0 Å². The molecule has 2 nitrogen and oxygen atoms in total. The van der Waals surface area contributed by atoms with Crippen LogP contribution in [0.25, 0.3) is 0 Å². The predicted molar refractivity (Wildman–Crippen MR) is 64.4 cm³/mol. The third-order valence-electron chi connectivity index (χ3n) is 3.40. The molecule has 1 saturated heterocycles. The Balaban J connectivity index is 2.15. The van der Waals surface area contributed by atoms with Gasteiger partial charge in [-0.1, -0.05) is 0 Å². The first-order chi connectivity index (χ1) is 8.08. The molecule has 2 atom stereocenters. The summed E-state index contributed by atoms with van der Waals surface area (Å²) >= 11 is 0.